The molecule has 0 radical (unpaired) electrons. The van der Waals surface area contributed by atoms with Gasteiger partial charge in [0.15, 0.2) is 11.4 Å². The number of fused-ring (bicyclic) bond motifs is 1. The Morgan fingerprint density at radius 2 is 2.26 bits per heavy atom. The number of carboxylic acid groups (broad SMARTS) is 1. The SMILES string of the molecule is O=C(O)c1cnoc1Cn1nc2ccccn2c1=O. The molecule has 3 heterocycles. The van der Waals surface area contributed by atoms with E-state index in [2.05, 4.69) is 10.3 Å². The molecule has 0 aliphatic carbocycles. The number of carbonyl (C=O) groups is 1. The van der Waals surface area contributed by atoms with Crippen LogP contribution in [0, 0.1) is 0 Å². The lowest BCUT2D eigenvalue weighted by Gasteiger charge is -1.95. The van der Waals surface area contributed by atoms with Crippen LogP contribution in [-0.2, 0) is 6.54 Å². The number of hydrogen-bond acceptors (Lipinski definition) is 5. The van der Waals surface area contributed by atoms with Gasteiger partial charge in [0.1, 0.15) is 12.1 Å². The van der Waals surface area contributed by atoms with Crippen LogP contribution in [0.1, 0.15) is 16.1 Å². The van der Waals surface area contributed by atoms with Crippen LogP contribution >= 0.6 is 0 Å². The molecule has 0 aliphatic rings. The fraction of sp³-hybridized carbons (Fsp3) is 0.0909. The fourth-order valence-corrected chi connectivity index (χ4v) is 1.76. The molecular formula is C11H8N4O4. The zero-order valence-electron chi connectivity index (χ0n) is 9.55. The minimum atomic E-state index is -1.16. The van der Waals surface area contributed by atoms with Gasteiger partial charge in [0, 0.05) is 6.20 Å². The summed E-state index contributed by atoms with van der Waals surface area (Å²) in [6.45, 7) is -0.0812. The molecule has 8 nitrogen and oxygen atoms in total. The van der Waals surface area contributed by atoms with E-state index in [1.54, 1.807) is 24.4 Å². The quantitative estimate of drug-likeness (QED) is 0.723. The van der Waals surface area contributed by atoms with E-state index < -0.39 is 5.97 Å². The van der Waals surface area contributed by atoms with E-state index in [-0.39, 0.29) is 23.6 Å². The molecule has 0 aliphatic heterocycles. The maximum atomic E-state index is 12.0. The van der Waals surface area contributed by atoms with Crippen LogP contribution in [0.3, 0.4) is 0 Å². The fourth-order valence-electron chi connectivity index (χ4n) is 1.76. The van der Waals surface area contributed by atoms with Crippen LogP contribution < -0.4 is 5.69 Å². The van der Waals surface area contributed by atoms with E-state index in [9.17, 15) is 9.59 Å². The molecule has 0 unspecified atom stereocenters. The van der Waals surface area contributed by atoms with Crippen LogP contribution in [0.25, 0.3) is 5.65 Å². The lowest BCUT2D eigenvalue weighted by Crippen LogP contribution is -2.22. The van der Waals surface area contributed by atoms with Crippen molar-refractivity contribution in [1.29, 1.82) is 0 Å². The molecule has 0 saturated heterocycles. The molecule has 0 atom stereocenters. The summed E-state index contributed by atoms with van der Waals surface area (Å²) in [7, 11) is 0. The van der Waals surface area contributed by atoms with Crippen LogP contribution in [0.2, 0.25) is 0 Å². The Hall–Kier alpha value is -2.90. The largest absolute Gasteiger partial charge is 0.478 e. The van der Waals surface area contributed by atoms with Crippen molar-refractivity contribution < 1.29 is 14.4 Å². The highest BCUT2D eigenvalue weighted by atomic mass is 16.5. The Labute approximate surface area is 105 Å². The third-order valence-electron chi connectivity index (χ3n) is 2.66. The van der Waals surface area contributed by atoms with Crippen LogP contribution in [0.4, 0.5) is 0 Å². The highest BCUT2D eigenvalue weighted by Gasteiger charge is 2.17. The molecular weight excluding hydrogens is 252 g/mol. The third-order valence-corrected chi connectivity index (χ3v) is 2.66. The van der Waals surface area contributed by atoms with E-state index in [1.165, 1.54) is 4.40 Å². The van der Waals surface area contributed by atoms with Crippen molar-refractivity contribution in [2.45, 2.75) is 6.54 Å². The average Bonchev–Trinajstić information content (AvgIpc) is 2.97. The second kappa shape index (κ2) is 4.09. The maximum absolute atomic E-state index is 12.0. The van der Waals surface area contributed by atoms with Crippen molar-refractivity contribution in [1.82, 2.24) is 19.3 Å². The molecule has 3 aromatic heterocycles. The molecule has 1 N–H and O–H groups in total. The number of hydrogen-bond donors (Lipinski definition) is 1. The summed E-state index contributed by atoms with van der Waals surface area (Å²) in [5.41, 5.74) is 0.0242. The first kappa shape index (κ1) is 11.2. The smallest absolute Gasteiger partial charge is 0.350 e. The summed E-state index contributed by atoms with van der Waals surface area (Å²) in [5.74, 6) is -1.08. The molecule has 0 spiro atoms. The first-order valence-electron chi connectivity index (χ1n) is 5.38. The van der Waals surface area contributed by atoms with Crippen molar-refractivity contribution in [2.75, 3.05) is 0 Å². The van der Waals surface area contributed by atoms with Gasteiger partial charge < -0.3 is 9.63 Å². The lowest BCUT2D eigenvalue weighted by molar-refractivity contribution is 0.0694. The molecule has 19 heavy (non-hydrogen) atoms. The van der Waals surface area contributed by atoms with E-state index in [4.69, 9.17) is 9.63 Å². The first-order chi connectivity index (χ1) is 9.16. The minimum absolute atomic E-state index is 0.0797. The first-order valence-corrected chi connectivity index (χ1v) is 5.38. The summed E-state index contributed by atoms with van der Waals surface area (Å²) in [4.78, 5) is 22.9. The van der Waals surface area contributed by atoms with E-state index in [1.807, 2.05) is 0 Å². The summed E-state index contributed by atoms with van der Waals surface area (Å²) in [6, 6.07) is 5.14. The van der Waals surface area contributed by atoms with Crippen molar-refractivity contribution in [3.05, 3.63) is 52.4 Å². The summed E-state index contributed by atoms with van der Waals surface area (Å²) in [5, 5.41) is 16.4. The van der Waals surface area contributed by atoms with Gasteiger partial charge in [0.2, 0.25) is 0 Å². The summed E-state index contributed by atoms with van der Waals surface area (Å²) in [6.07, 6.45) is 2.68. The van der Waals surface area contributed by atoms with Gasteiger partial charge in [-0.3, -0.25) is 4.40 Å². The van der Waals surface area contributed by atoms with Gasteiger partial charge in [-0.25, -0.2) is 14.3 Å². The Morgan fingerprint density at radius 3 is 3.00 bits per heavy atom. The van der Waals surface area contributed by atoms with Gasteiger partial charge in [0.25, 0.3) is 0 Å². The Balaban J connectivity index is 2.06. The van der Waals surface area contributed by atoms with Crippen molar-refractivity contribution >= 4 is 11.6 Å². The maximum Gasteiger partial charge on any atom is 0.350 e. The van der Waals surface area contributed by atoms with Gasteiger partial charge in [-0.1, -0.05) is 11.2 Å². The molecule has 0 saturated carbocycles. The van der Waals surface area contributed by atoms with E-state index >= 15 is 0 Å². The van der Waals surface area contributed by atoms with Crippen LogP contribution in [0.15, 0.2) is 39.9 Å². The zero-order chi connectivity index (χ0) is 13.4. The number of pyridine rings is 1. The monoisotopic (exact) mass is 260 g/mol. The predicted molar refractivity (Wildman–Crippen MR) is 62.0 cm³/mol. The predicted octanol–water partition coefficient (Wildman–Crippen LogP) is 0.230. The van der Waals surface area contributed by atoms with Crippen molar-refractivity contribution in [3.8, 4) is 0 Å². The van der Waals surface area contributed by atoms with Crippen molar-refractivity contribution in [2.24, 2.45) is 0 Å². The highest BCUT2D eigenvalue weighted by molar-refractivity contribution is 5.88. The minimum Gasteiger partial charge on any atom is -0.478 e. The van der Waals surface area contributed by atoms with Gasteiger partial charge >= 0.3 is 11.7 Å². The van der Waals surface area contributed by atoms with Crippen LogP contribution in [-0.4, -0.2) is 30.4 Å². The Bertz CT molecular complexity index is 813. The number of nitrogens with zero attached hydrogens (tertiary/aromatic N) is 4. The van der Waals surface area contributed by atoms with Gasteiger partial charge in [-0.15, -0.1) is 5.10 Å². The molecule has 0 fully saturated rings. The molecule has 0 bridgehead atoms. The normalized spacial score (nSPS) is 10.9. The molecule has 8 heteroatoms. The van der Waals surface area contributed by atoms with E-state index in [0.717, 1.165) is 10.9 Å². The van der Waals surface area contributed by atoms with Crippen LogP contribution in [0.5, 0.6) is 0 Å². The summed E-state index contributed by atoms with van der Waals surface area (Å²) < 4.78 is 7.33. The molecule has 0 amide bonds. The topological polar surface area (TPSA) is 103 Å². The van der Waals surface area contributed by atoms with Gasteiger partial charge in [-0.2, -0.15) is 0 Å². The molecule has 3 rings (SSSR count). The number of rotatable bonds is 3. The van der Waals surface area contributed by atoms with Crippen molar-refractivity contribution in [3.63, 3.8) is 0 Å². The Kier molecular flexibility index (Phi) is 2.41. The Morgan fingerprint density at radius 1 is 1.42 bits per heavy atom. The molecule has 96 valence electrons. The molecule has 3 aromatic rings. The average molecular weight is 260 g/mol. The van der Waals surface area contributed by atoms with E-state index in [0.29, 0.717) is 5.65 Å². The second-order valence-electron chi connectivity index (χ2n) is 3.84. The summed E-state index contributed by atoms with van der Waals surface area (Å²) >= 11 is 0. The third kappa shape index (κ3) is 1.79. The zero-order valence-corrected chi connectivity index (χ0v) is 9.55. The number of aromatic carboxylic acids is 1. The second-order valence-corrected chi connectivity index (χ2v) is 3.84. The molecule has 0 aromatic carbocycles. The van der Waals surface area contributed by atoms with Gasteiger partial charge in [-0.05, 0) is 12.1 Å². The van der Waals surface area contributed by atoms with Gasteiger partial charge in [0.05, 0.1) is 6.20 Å². The standard InChI is InChI=1S/C11H8N4O4/c16-10(17)7-5-12-19-8(7)6-15-11(18)14-4-2-1-3-9(14)13-15/h1-5H,6H2,(H,16,17). The highest BCUT2D eigenvalue weighted by Crippen LogP contribution is 2.09. The number of carboxylic acids is 1. The lowest BCUT2D eigenvalue weighted by atomic mass is 10.2. The number of aromatic nitrogens is 4.